The zero-order valence-electron chi connectivity index (χ0n) is 13.7. The van der Waals surface area contributed by atoms with Crippen molar-refractivity contribution >= 4 is 23.1 Å². The van der Waals surface area contributed by atoms with Crippen molar-refractivity contribution in [2.24, 2.45) is 7.05 Å². The summed E-state index contributed by atoms with van der Waals surface area (Å²) in [7, 11) is 1.77. The molecule has 1 aliphatic rings. The average Bonchev–Trinajstić information content (AvgIpc) is 3.40. The van der Waals surface area contributed by atoms with Crippen LogP contribution < -0.4 is 10.6 Å². The summed E-state index contributed by atoms with van der Waals surface area (Å²) in [6, 6.07) is 5.58. The molecular formula is C17H17N7O. The molecule has 126 valence electrons. The van der Waals surface area contributed by atoms with Crippen LogP contribution in [-0.4, -0.2) is 30.6 Å². The lowest BCUT2D eigenvalue weighted by Crippen LogP contribution is -2.18. The van der Waals surface area contributed by atoms with Crippen molar-refractivity contribution in [2.75, 3.05) is 10.6 Å². The lowest BCUT2D eigenvalue weighted by Gasteiger charge is -2.13. The van der Waals surface area contributed by atoms with Gasteiger partial charge >= 0.3 is 0 Å². The number of rotatable bonds is 5. The maximum Gasteiger partial charge on any atom is 0.277 e. The van der Waals surface area contributed by atoms with Gasteiger partial charge in [0.25, 0.3) is 5.91 Å². The van der Waals surface area contributed by atoms with E-state index in [0.29, 0.717) is 28.8 Å². The third-order valence-corrected chi connectivity index (χ3v) is 4.03. The van der Waals surface area contributed by atoms with Crippen molar-refractivity contribution in [2.45, 2.75) is 18.8 Å². The summed E-state index contributed by atoms with van der Waals surface area (Å²) < 4.78 is 1.60. The molecule has 1 aliphatic carbocycles. The van der Waals surface area contributed by atoms with Gasteiger partial charge in [-0.1, -0.05) is 0 Å². The van der Waals surface area contributed by atoms with Gasteiger partial charge < -0.3 is 10.6 Å². The van der Waals surface area contributed by atoms with Crippen molar-refractivity contribution in [1.29, 1.82) is 0 Å². The van der Waals surface area contributed by atoms with Crippen LogP contribution in [0.4, 0.5) is 17.2 Å². The number of amides is 1. The van der Waals surface area contributed by atoms with Gasteiger partial charge in [0.1, 0.15) is 12.1 Å². The van der Waals surface area contributed by atoms with Crippen LogP contribution in [0.2, 0.25) is 0 Å². The van der Waals surface area contributed by atoms with E-state index in [0.717, 1.165) is 18.5 Å². The number of pyridine rings is 1. The van der Waals surface area contributed by atoms with Crippen molar-refractivity contribution in [1.82, 2.24) is 24.7 Å². The Balaban J connectivity index is 1.66. The molecule has 1 fully saturated rings. The van der Waals surface area contributed by atoms with Crippen LogP contribution in [0.25, 0.3) is 0 Å². The first-order valence-electron chi connectivity index (χ1n) is 8.03. The van der Waals surface area contributed by atoms with Gasteiger partial charge in [-0.2, -0.15) is 5.10 Å². The molecule has 0 saturated heterocycles. The SMILES string of the molecule is Cn1nccc1NC(=O)c1nc(C2CC2)ccc1Nc1cncnc1. The number of anilines is 3. The second kappa shape index (κ2) is 6.31. The summed E-state index contributed by atoms with van der Waals surface area (Å²) in [4.78, 5) is 25.3. The average molecular weight is 335 g/mol. The summed E-state index contributed by atoms with van der Waals surface area (Å²) in [6.07, 6.45) is 8.61. The minimum Gasteiger partial charge on any atom is -0.351 e. The molecule has 0 unspecified atom stereocenters. The van der Waals surface area contributed by atoms with Gasteiger partial charge in [0.2, 0.25) is 0 Å². The van der Waals surface area contributed by atoms with E-state index in [4.69, 9.17) is 0 Å². The molecule has 25 heavy (non-hydrogen) atoms. The number of nitrogens with one attached hydrogen (secondary N) is 2. The van der Waals surface area contributed by atoms with E-state index >= 15 is 0 Å². The first-order chi connectivity index (χ1) is 12.2. The number of nitrogens with zero attached hydrogens (tertiary/aromatic N) is 5. The highest BCUT2D eigenvalue weighted by Crippen LogP contribution is 2.39. The maximum atomic E-state index is 12.8. The lowest BCUT2D eigenvalue weighted by molar-refractivity contribution is 0.102. The van der Waals surface area contributed by atoms with E-state index in [9.17, 15) is 4.79 Å². The fraction of sp³-hybridized carbons (Fsp3) is 0.235. The molecule has 8 nitrogen and oxygen atoms in total. The molecule has 2 N–H and O–H groups in total. The van der Waals surface area contributed by atoms with Crippen LogP contribution in [0.1, 0.15) is 34.9 Å². The number of carbonyl (C=O) groups is 1. The van der Waals surface area contributed by atoms with Gasteiger partial charge in [0.05, 0.1) is 30.0 Å². The summed E-state index contributed by atoms with van der Waals surface area (Å²) in [5, 5.41) is 10.1. The van der Waals surface area contributed by atoms with Crippen LogP contribution in [-0.2, 0) is 7.05 Å². The molecule has 3 aromatic rings. The first kappa shape index (κ1) is 15.3. The predicted molar refractivity (Wildman–Crippen MR) is 92.7 cm³/mol. The van der Waals surface area contributed by atoms with E-state index in [-0.39, 0.29) is 5.91 Å². The first-order valence-corrected chi connectivity index (χ1v) is 8.03. The van der Waals surface area contributed by atoms with Crippen LogP contribution in [0.3, 0.4) is 0 Å². The molecular weight excluding hydrogens is 318 g/mol. The highest BCUT2D eigenvalue weighted by molar-refractivity contribution is 6.06. The monoisotopic (exact) mass is 335 g/mol. The normalized spacial score (nSPS) is 13.5. The van der Waals surface area contributed by atoms with Gasteiger partial charge in [-0.05, 0) is 25.0 Å². The fourth-order valence-electron chi connectivity index (χ4n) is 2.55. The Morgan fingerprint density at radius 2 is 2.00 bits per heavy atom. The molecule has 0 radical (unpaired) electrons. The van der Waals surface area contributed by atoms with E-state index in [2.05, 4.69) is 30.7 Å². The molecule has 0 spiro atoms. The van der Waals surface area contributed by atoms with Crippen LogP contribution in [0.15, 0.2) is 43.1 Å². The molecule has 3 aromatic heterocycles. The number of hydrogen-bond acceptors (Lipinski definition) is 6. The van der Waals surface area contributed by atoms with E-state index < -0.39 is 0 Å². The zero-order chi connectivity index (χ0) is 17.2. The zero-order valence-corrected chi connectivity index (χ0v) is 13.7. The van der Waals surface area contributed by atoms with Crippen LogP contribution in [0, 0.1) is 0 Å². The second-order valence-corrected chi connectivity index (χ2v) is 5.95. The Morgan fingerprint density at radius 3 is 2.68 bits per heavy atom. The van der Waals surface area contributed by atoms with Crippen molar-refractivity contribution in [3.8, 4) is 0 Å². The summed E-state index contributed by atoms with van der Waals surface area (Å²) in [6.45, 7) is 0. The quantitative estimate of drug-likeness (QED) is 0.743. The molecule has 0 bridgehead atoms. The molecule has 8 heteroatoms. The molecule has 0 aromatic carbocycles. The molecule has 1 saturated carbocycles. The topological polar surface area (TPSA) is 97.6 Å². The molecule has 0 atom stereocenters. The highest BCUT2D eigenvalue weighted by Gasteiger charge is 2.27. The molecule has 1 amide bonds. The second-order valence-electron chi connectivity index (χ2n) is 5.95. The molecule has 3 heterocycles. The Morgan fingerprint density at radius 1 is 1.20 bits per heavy atom. The number of hydrogen-bond donors (Lipinski definition) is 2. The minimum absolute atomic E-state index is 0.287. The van der Waals surface area contributed by atoms with Gasteiger partial charge in [-0.15, -0.1) is 0 Å². The van der Waals surface area contributed by atoms with E-state index in [1.165, 1.54) is 6.33 Å². The number of aromatic nitrogens is 5. The largest absolute Gasteiger partial charge is 0.351 e. The molecule has 4 rings (SSSR count). The van der Waals surface area contributed by atoms with Gasteiger partial charge in [-0.3, -0.25) is 9.48 Å². The Kier molecular flexibility index (Phi) is 3.85. The highest BCUT2D eigenvalue weighted by atomic mass is 16.2. The standard InChI is InChI=1S/C17H17N7O/c1-24-15(6-7-20-24)23-17(25)16-14(21-12-8-18-10-19-9-12)5-4-13(22-16)11-2-3-11/h4-11,21H,2-3H2,1H3,(H,23,25). The fourth-order valence-corrected chi connectivity index (χ4v) is 2.55. The number of aryl methyl sites for hydroxylation is 1. The Labute approximate surface area is 144 Å². The Bertz CT molecular complexity index is 902. The Hall–Kier alpha value is -3.29. The maximum absolute atomic E-state index is 12.8. The smallest absolute Gasteiger partial charge is 0.277 e. The van der Waals surface area contributed by atoms with Gasteiger partial charge in [-0.25, -0.2) is 15.0 Å². The summed E-state index contributed by atoms with van der Waals surface area (Å²) >= 11 is 0. The van der Waals surface area contributed by atoms with Crippen LogP contribution in [0.5, 0.6) is 0 Å². The van der Waals surface area contributed by atoms with E-state index in [1.807, 2.05) is 12.1 Å². The van der Waals surface area contributed by atoms with Crippen molar-refractivity contribution in [3.05, 3.63) is 54.5 Å². The van der Waals surface area contributed by atoms with Gasteiger partial charge in [0, 0.05) is 24.7 Å². The predicted octanol–water partition coefficient (Wildman–Crippen LogP) is 2.48. The summed E-state index contributed by atoms with van der Waals surface area (Å²) in [5.41, 5.74) is 2.59. The number of carbonyl (C=O) groups excluding carboxylic acids is 1. The third kappa shape index (κ3) is 3.32. The van der Waals surface area contributed by atoms with E-state index in [1.54, 1.807) is 36.4 Å². The summed E-state index contributed by atoms with van der Waals surface area (Å²) in [5.74, 6) is 0.778. The minimum atomic E-state index is -0.287. The van der Waals surface area contributed by atoms with Crippen molar-refractivity contribution in [3.63, 3.8) is 0 Å². The lowest BCUT2D eigenvalue weighted by atomic mass is 10.2. The third-order valence-electron chi connectivity index (χ3n) is 4.03. The molecule has 0 aliphatic heterocycles. The van der Waals surface area contributed by atoms with Crippen molar-refractivity contribution < 1.29 is 4.79 Å². The van der Waals surface area contributed by atoms with Crippen LogP contribution >= 0.6 is 0 Å². The van der Waals surface area contributed by atoms with Gasteiger partial charge in [0.15, 0.2) is 5.69 Å².